The van der Waals surface area contributed by atoms with Gasteiger partial charge in [-0.3, -0.25) is 19.3 Å². The summed E-state index contributed by atoms with van der Waals surface area (Å²) in [6, 6.07) is 0.526. The summed E-state index contributed by atoms with van der Waals surface area (Å²) in [6.07, 6.45) is -0.827. The first kappa shape index (κ1) is 38.1. The van der Waals surface area contributed by atoms with Gasteiger partial charge < -0.3 is 50.2 Å². The number of rotatable bonds is 10. The number of likely N-dealkylation sites (N-methyl/N-ethyl adjacent to an activating group) is 1. The molecule has 1 aromatic rings. The molecule has 6 N–H and O–H groups in total. The van der Waals surface area contributed by atoms with Crippen molar-refractivity contribution in [2.75, 3.05) is 60.1 Å². The second-order valence-electron chi connectivity index (χ2n) is 14.5. The highest BCUT2D eigenvalue weighted by Gasteiger charge is 2.63. The maximum atomic E-state index is 14.4. The van der Waals surface area contributed by atoms with Crippen LogP contribution in [0.2, 0.25) is 0 Å². The molecule has 0 aromatic heterocycles. The van der Waals surface area contributed by atoms with Gasteiger partial charge in [-0.15, -0.1) is 0 Å². The number of methoxy groups -OCH3 is 1. The van der Waals surface area contributed by atoms with Crippen molar-refractivity contribution in [3.63, 3.8) is 0 Å². The van der Waals surface area contributed by atoms with Gasteiger partial charge in [0, 0.05) is 50.5 Å². The molecule has 0 radical (unpaired) electrons. The molecule has 0 unspecified atom stereocenters. The van der Waals surface area contributed by atoms with Crippen LogP contribution >= 0.6 is 0 Å². The highest BCUT2D eigenvalue weighted by molar-refractivity contribution is 6.25. The number of nitrogens with two attached hydrogens (primary N) is 1. The van der Waals surface area contributed by atoms with Crippen LogP contribution in [0.1, 0.15) is 48.7 Å². The monoisotopic (exact) mass is 702 g/mol. The number of fused-ring (bicyclic) bond motifs is 3. The minimum atomic E-state index is -2.78. The average Bonchev–Trinajstić information content (AvgIpc) is 2.98. The largest absolute Gasteiger partial charge is 0.510 e. The van der Waals surface area contributed by atoms with Crippen LogP contribution in [0.25, 0.3) is 0 Å². The molecular formula is C34H46N4O12. The number of primary amides is 1. The maximum absolute atomic E-state index is 14.4. The number of aliphatic hydroxyl groups is 3. The summed E-state index contributed by atoms with van der Waals surface area (Å²) >= 11 is 0. The lowest BCUT2D eigenvalue weighted by atomic mass is 9.58. The number of amides is 2. The number of phenols is 1. The molecule has 2 amide bonds. The van der Waals surface area contributed by atoms with Gasteiger partial charge >= 0.3 is 12.1 Å². The number of anilines is 1. The average molecular weight is 703 g/mol. The Kier molecular flexibility index (Phi) is 10.6. The standard InChI is InChI=1S/C34H46N4O12/c1-33(2,3)14-38(32(46)50-15-49-21(39)13-48-8)12-17-11-20(36(4)5)18-9-16-10-19-25(37(6)7)28(42)24(31(35)45)30(44)34(19,47)29(43)22(16)27(41)23(18)26(17)40/h11,16,19,25,40,42-43,47H,9-10,12-15H2,1-8H3,(H2,35,45)/t16-,19-,25-,34-/m0/s1. The van der Waals surface area contributed by atoms with Gasteiger partial charge in [0.25, 0.3) is 5.91 Å². The highest BCUT2D eigenvalue weighted by Crippen LogP contribution is 2.53. The van der Waals surface area contributed by atoms with Crippen molar-refractivity contribution in [3.8, 4) is 5.75 Å². The summed E-state index contributed by atoms with van der Waals surface area (Å²) in [5.41, 5.74) is 1.91. The van der Waals surface area contributed by atoms with Gasteiger partial charge in [-0.2, -0.15) is 0 Å². The number of nitrogens with zero attached hydrogens (tertiary/aromatic N) is 3. The third-order valence-electron chi connectivity index (χ3n) is 9.21. The van der Waals surface area contributed by atoms with E-state index in [4.69, 9.17) is 19.9 Å². The Balaban J connectivity index is 1.82. The van der Waals surface area contributed by atoms with E-state index in [0.29, 0.717) is 11.3 Å². The predicted octanol–water partition coefficient (Wildman–Crippen LogP) is 1.32. The second kappa shape index (κ2) is 13.9. The van der Waals surface area contributed by atoms with Crippen LogP contribution in [0, 0.1) is 17.3 Å². The Bertz CT molecular complexity index is 1670. The number of carbonyl (C=O) groups excluding carboxylic acids is 5. The minimum absolute atomic E-state index is 0.0543. The van der Waals surface area contributed by atoms with Gasteiger partial charge in [0.15, 0.2) is 11.4 Å². The van der Waals surface area contributed by atoms with Gasteiger partial charge in [-0.25, -0.2) is 9.59 Å². The molecule has 0 heterocycles. The van der Waals surface area contributed by atoms with E-state index in [0.717, 1.165) is 0 Å². The van der Waals surface area contributed by atoms with E-state index in [1.54, 1.807) is 39.2 Å². The molecule has 3 aliphatic rings. The summed E-state index contributed by atoms with van der Waals surface area (Å²) in [6.45, 7) is 4.47. The number of hydrogen-bond acceptors (Lipinski definition) is 14. The zero-order chi connectivity index (χ0) is 37.6. The number of ether oxygens (including phenoxy) is 3. The topological polar surface area (TPSA) is 230 Å². The van der Waals surface area contributed by atoms with Crippen molar-refractivity contribution in [2.45, 2.75) is 51.8 Å². The van der Waals surface area contributed by atoms with E-state index in [9.17, 15) is 44.4 Å². The first-order valence-electron chi connectivity index (χ1n) is 15.9. The number of aliphatic hydroxyl groups excluding tert-OH is 2. The van der Waals surface area contributed by atoms with Crippen LogP contribution in [0.3, 0.4) is 0 Å². The molecule has 4 atom stereocenters. The van der Waals surface area contributed by atoms with Crippen LogP contribution in [0.4, 0.5) is 10.5 Å². The van der Waals surface area contributed by atoms with E-state index >= 15 is 0 Å². The van der Waals surface area contributed by atoms with E-state index in [1.807, 2.05) is 20.8 Å². The molecule has 274 valence electrons. The lowest BCUT2D eigenvalue weighted by Gasteiger charge is -2.50. The fourth-order valence-corrected chi connectivity index (χ4v) is 7.23. The summed E-state index contributed by atoms with van der Waals surface area (Å²) in [7, 11) is 7.89. The Morgan fingerprint density at radius 1 is 1.06 bits per heavy atom. The van der Waals surface area contributed by atoms with Crippen LogP contribution in [-0.2, 0) is 41.6 Å². The quantitative estimate of drug-likeness (QED) is 0.132. The first-order chi connectivity index (χ1) is 23.2. The van der Waals surface area contributed by atoms with Crippen LogP contribution in [0.5, 0.6) is 5.75 Å². The zero-order valence-electron chi connectivity index (χ0n) is 29.5. The predicted molar refractivity (Wildman–Crippen MR) is 177 cm³/mol. The lowest BCUT2D eigenvalue weighted by Crippen LogP contribution is -2.63. The third kappa shape index (κ3) is 6.74. The summed E-state index contributed by atoms with van der Waals surface area (Å²) in [4.78, 5) is 69.7. The summed E-state index contributed by atoms with van der Waals surface area (Å²) < 4.78 is 14.7. The zero-order valence-corrected chi connectivity index (χ0v) is 29.5. The number of hydrogen-bond donors (Lipinski definition) is 5. The molecule has 3 aliphatic carbocycles. The second-order valence-corrected chi connectivity index (χ2v) is 14.5. The first-order valence-corrected chi connectivity index (χ1v) is 15.9. The molecule has 0 saturated heterocycles. The van der Waals surface area contributed by atoms with E-state index in [1.165, 1.54) is 16.9 Å². The number of ketones is 2. The van der Waals surface area contributed by atoms with Crippen molar-refractivity contribution in [1.82, 2.24) is 9.80 Å². The van der Waals surface area contributed by atoms with Gasteiger partial charge in [0.05, 0.1) is 18.2 Å². The number of allylic oxidation sites excluding steroid dienone is 1. The molecule has 1 aromatic carbocycles. The number of esters is 1. The SMILES string of the molecule is COCC(=O)OCOC(=O)N(Cc1cc(N(C)C)c2c(c1O)C(=O)C1=C(O)[C@]3(O)C(=O)C(C(N)=O)=C(O)[C@@H](N(C)C)[C@@H]3C[C@@H]1C2)CC(C)(C)C. The maximum Gasteiger partial charge on any atom is 0.412 e. The Morgan fingerprint density at radius 3 is 2.24 bits per heavy atom. The van der Waals surface area contributed by atoms with Crippen molar-refractivity contribution in [2.24, 2.45) is 23.0 Å². The molecule has 0 saturated carbocycles. The number of phenolic OH excluding ortho intramolecular Hbond substituents is 1. The molecular weight excluding hydrogens is 656 g/mol. The number of benzene rings is 1. The Morgan fingerprint density at radius 2 is 1.70 bits per heavy atom. The lowest BCUT2D eigenvalue weighted by molar-refractivity contribution is -0.156. The molecule has 0 spiro atoms. The van der Waals surface area contributed by atoms with E-state index in [-0.39, 0.29) is 49.2 Å². The van der Waals surface area contributed by atoms with Gasteiger partial charge in [0.2, 0.25) is 12.6 Å². The fourth-order valence-electron chi connectivity index (χ4n) is 7.23. The number of aromatic hydroxyl groups is 1. The van der Waals surface area contributed by atoms with Crippen molar-refractivity contribution in [3.05, 3.63) is 45.4 Å². The van der Waals surface area contributed by atoms with Gasteiger partial charge in [-0.05, 0) is 49.9 Å². The van der Waals surface area contributed by atoms with Crippen molar-refractivity contribution in [1.29, 1.82) is 0 Å². The van der Waals surface area contributed by atoms with Crippen molar-refractivity contribution >= 4 is 35.2 Å². The molecule has 50 heavy (non-hydrogen) atoms. The smallest absolute Gasteiger partial charge is 0.412 e. The molecule has 4 rings (SSSR count). The van der Waals surface area contributed by atoms with Crippen LogP contribution in [0.15, 0.2) is 28.7 Å². The number of Topliss-reactive ketones (excluding diaryl/α,β-unsaturated/α-hetero) is 2. The Hall–Kier alpha value is -4.67. The molecule has 16 heteroatoms. The van der Waals surface area contributed by atoms with Gasteiger partial charge in [-0.1, -0.05) is 20.8 Å². The van der Waals surface area contributed by atoms with E-state index < -0.39 is 88.1 Å². The molecule has 0 aliphatic heterocycles. The fraction of sp³-hybridized carbons (Fsp3) is 0.559. The van der Waals surface area contributed by atoms with Gasteiger partial charge in [0.1, 0.15) is 29.4 Å². The van der Waals surface area contributed by atoms with E-state index in [2.05, 4.69) is 0 Å². The summed E-state index contributed by atoms with van der Waals surface area (Å²) in [5, 5.41) is 46.3. The molecule has 16 nitrogen and oxygen atoms in total. The molecule has 0 bridgehead atoms. The minimum Gasteiger partial charge on any atom is -0.510 e. The normalized spacial score (nSPS) is 23.3. The third-order valence-corrected chi connectivity index (χ3v) is 9.21. The Labute approximate surface area is 289 Å². The van der Waals surface area contributed by atoms with Crippen molar-refractivity contribution < 1.29 is 58.6 Å². The molecule has 0 fully saturated rings. The highest BCUT2D eigenvalue weighted by atomic mass is 16.7. The van der Waals surface area contributed by atoms with Crippen LogP contribution in [-0.4, -0.2) is 127 Å². The number of carbonyl (C=O) groups is 5. The van der Waals surface area contributed by atoms with Crippen LogP contribution < -0.4 is 10.6 Å². The summed E-state index contributed by atoms with van der Waals surface area (Å²) in [5.74, 6) is -8.26.